The Labute approximate surface area is 106 Å². The zero-order chi connectivity index (χ0) is 4.50. The van der Waals surface area contributed by atoms with Gasteiger partial charge in [0.1, 0.15) is 0 Å². The van der Waals surface area contributed by atoms with Crippen molar-refractivity contribution in [3.8, 4) is 0 Å². The van der Waals surface area contributed by atoms with E-state index in [1.54, 1.807) is 0 Å². The minimum Gasteiger partial charge on any atom is 0.316 e. The zero-order valence-electron chi connectivity index (χ0n) is 2.90. The van der Waals surface area contributed by atoms with Crippen molar-refractivity contribution in [3.05, 3.63) is 0 Å². The molecule has 0 unspecified atom stereocenters. The van der Waals surface area contributed by atoms with Crippen molar-refractivity contribution < 1.29 is 19.2 Å². The molecule has 0 aliphatic rings. The predicted molar refractivity (Wildman–Crippen MR) is 35.0 cm³/mol. The minimum absolute atomic E-state index is 0. The summed E-state index contributed by atoms with van der Waals surface area (Å²) < 4.78 is 8.88. The molecular formula is H9KMgNO4P. The molecule has 0 saturated carbocycles. The Hall–Kier alpha value is 2.47. The fourth-order valence-electron chi connectivity index (χ4n) is 0. The van der Waals surface area contributed by atoms with E-state index in [0.717, 1.165) is 0 Å². The van der Waals surface area contributed by atoms with E-state index in [1.807, 2.05) is 0 Å². The van der Waals surface area contributed by atoms with E-state index in [9.17, 15) is 0 Å². The molecule has 0 aliphatic heterocycles. The third kappa shape index (κ3) is 77.4. The van der Waals surface area contributed by atoms with Crippen LogP contribution in [0.1, 0.15) is 0 Å². The second kappa shape index (κ2) is 9.47. The maximum atomic E-state index is 8.88. The Balaban J connectivity index is -0.0000000267. The van der Waals surface area contributed by atoms with Gasteiger partial charge >= 0.3 is 82.3 Å². The first-order chi connectivity index (χ1) is 2.00. The Morgan fingerprint density at radius 1 is 1.12 bits per heavy atom. The van der Waals surface area contributed by atoms with Crippen LogP contribution in [0, 0.1) is 0 Å². The van der Waals surface area contributed by atoms with Crippen LogP contribution in [0.3, 0.4) is 0 Å². The van der Waals surface area contributed by atoms with E-state index in [0.29, 0.717) is 0 Å². The average molecular weight is 181 g/mol. The average Bonchev–Trinajstić information content (AvgIpc) is 0.722. The summed E-state index contributed by atoms with van der Waals surface area (Å²) in [6.45, 7) is 0. The minimum atomic E-state index is -4.64. The van der Waals surface area contributed by atoms with E-state index in [2.05, 4.69) is 0 Å². The van der Waals surface area contributed by atoms with Crippen molar-refractivity contribution >= 4 is 82.3 Å². The third-order valence-corrected chi connectivity index (χ3v) is 0. The van der Waals surface area contributed by atoms with Gasteiger partial charge in [0.25, 0.3) is 0 Å². The molecule has 0 bridgehead atoms. The monoisotopic (exact) mass is 181 g/mol. The third-order valence-electron chi connectivity index (χ3n) is 0. The quantitative estimate of drug-likeness (QED) is 0.247. The summed E-state index contributed by atoms with van der Waals surface area (Å²) in [5.41, 5.74) is 0. The molecule has 0 radical (unpaired) electrons. The van der Waals surface area contributed by atoms with Crippen LogP contribution in [0.4, 0.5) is 0 Å². The van der Waals surface area contributed by atoms with Gasteiger partial charge < -0.3 is 20.8 Å². The molecule has 6 N–H and O–H groups in total. The Bertz CT molecular complexity index is 62.2. The van der Waals surface area contributed by atoms with Gasteiger partial charge in [-0.2, -0.15) is 0 Å². The summed E-state index contributed by atoms with van der Waals surface area (Å²) in [4.78, 5) is 21.6. The van der Waals surface area contributed by atoms with Crippen LogP contribution >= 0.6 is 7.82 Å². The Kier molecular flexibility index (Phi) is 26.6. The van der Waals surface area contributed by atoms with Crippen LogP contribution in [-0.4, -0.2) is 89.1 Å². The molecule has 0 atom stereocenters. The molecule has 0 aromatic heterocycles. The number of phosphoric acid groups is 1. The standard InChI is InChI=1S/K.Mg.H3N.H3O4P.3H/c;;;1-5(2,3)4;;;/h;;1H3;(H3,1,2,3,4);;;. The van der Waals surface area contributed by atoms with Gasteiger partial charge in [0.2, 0.25) is 0 Å². The predicted octanol–water partition coefficient (Wildman–Crippen LogP) is -2.33. The fraction of sp³-hybridized carbons (Fsp3) is 0. The zero-order valence-corrected chi connectivity index (χ0v) is 3.80. The van der Waals surface area contributed by atoms with Gasteiger partial charge in [-0.15, -0.1) is 0 Å². The van der Waals surface area contributed by atoms with Crippen molar-refractivity contribution in [3.63, 3.8) is 0 Å². The van der Waals surface area contributed by atoms with Gasteiger partial charge in [-0.05, 0) is 0 Å². The second-order valence-corrected chi connectivity index (χ2v) is 1.54. The van der Waals surface area contributed by atoms with E-state index in [1.165, 1.54) is 0 Å². The van der Waals surface area contributed by atoms with Gasteiger partial charge in [-0.1, -0.05) is 0 Å². The first-order valence-electron chi connectivity index (χ1n) is 0.783. The van der Waals surface area contributed by atoms with Crippen LogP contribution in [0.25, 0.3) is 0 Å². The van der Waals surface area contributed by atoms with Crippen LogP contribution in [0.2, 0.25) is 0 Å². The van der Waals surface area contributed by atoms with Crippen LogP contribution in [-0.2, 0) is 4.57 Å². The van der Waals surface area contributed by atoms with Crippen molar-refractivity contribution in [1.82, 2.24) is 6.15 Å². The summed E-state index contributed by atoms with van der Waals surface area (Å²) in [6, 6.07) is 0. The molecule has 0 fully saturated rings. The smallest absolute Gasteiger partial charge is 0.316 e. The molecular weight excluding hydrogens is 172 g/mol. The molecule has 8 heteroatoms. The van der Waals surface area contributed by atoms with Gasteiger partial charge in [-0.25, -0.2) is 4.57 Å². The summed E-state index contributed by atoms with van der Waals surface area (Å²) in [6.07, 6.45) is 0. The van der Waals surface area contributed by atoms with E-state index in [-0.39, 0.29) is 80.6 Å². The molecule has 0 amide bonds. The topological polar surface area (TPSA) is 113 Å². The molecule has 0 spiro atoms. The number of rotatable bonds is 0. The van der Waals surface area contributed by atoms with Crippen molar-refractivity contribution in [1.29, 1.82) is 0 Å². The van der Waals surface area contributed by atoms with Crippen LogP contribution < -0.4 is 6.15 Å². The van der Waals surface area contributed by atoms with Gasteiger partial charge in [0.05, 0.1) is 0 Å². The Morgan fingerprint density at radius 3 is 1.12 bits per heavy atom. The van der Waals surface area contributed by atoms with Gasteiger partial charge in [0, 0.05) is 0 Å². The normalized spacial score (nSPS) is 7.38. The fourth-order valence-corrected chi connectivity index (χ4v) is 0. The maximum Gasteiger partial charge on any atom is 0.316 e. The van der Waals surface area contributed by atoms with Crippen LogP contribution in [0.15, 0.2) is 0 Å². The van der Waals surface area contributed by atoms with Crippen LogP contribution in [0.5, 0.6) is 0 Å². The SMILES string of the molecule is N.O=P(O)(O)O.[KH].[MgH2]. The number of hydrogen-bond acceptors (Lipinski definition) is 2. The summed E-state index contributed by atoms with van der Waals surface area (Å²) in [5.74, 6) is 0. The first kappa shape index (κ1) is 22.4. The first-order valence-corrected chi connectivity index (χ1v) is 2.35. The second-order valence-electron chi connectivity index (χ2n) is 0.513. The summed E-state index contributed by atoms with van der Waals surface area (Å²) >= 11 is 0. The van der Waals surface area contributed by atoms with E-state index >= 15 is 0 Å². The Morgan fingerprint density at radius 2 is 1.12 bits per heavy atom. The van der Waals surface area contributed by atoms with E-state index < -0.39 is 7.82 Å². The van der Waals surface area contributed by atoms with Crippen molar-refractivity contribution in [2.75, 3.05) is 0 Å². The molecule has 5 nitrogen and oxygen atoms in total. The molecule has 0 rings (SSSR count). The molecule has 0 aliphatic carbocycles. The largest absolute Gasteiger partial charge is 0.316 e. The maximum absolute atomic E-state index is 8.88. The molecule has 0 aromatic carbocycles. The number of hydrogen-bond donors (Lipinski definition) is 4. The molecule has 0 aromatic rings. The van der Waals surface area contributed by atoms with Crippen molar-refractivity contribution in [2.24, 2.45) is 0 Å². The summed E-state index contributed by atoms with van der Waals surface area (Å²) in [5, 5.41) is 0. The van der Waals surface area contributed by atoms with Gasteiger partial charge in [-0.3, -0.25) is 0 Å². The van der Waals surface area contributed by atoms with Crippen molar-refractivity contribution in [2.45, 2.75) is 0 Å². The molecule has 46 valence electrons. The molecule has 8 heavy (non-hydrogen) atoms. The van der Waals surface area contributed by atoms with E-state index in [4.69, 9.17) is 19.2 Å². The van der Waals surface area contributed by atoms with Gasteiger partial charge in [0.15, 0.2) is 0 Å². The molecule has 0 heterocycles. The summed E-state index contributed by atoms with van der Waals surface area (Å²) in [7, 11) is -4.64. The molecule has 0 saturated heterocycles.